The summed E-state index contributed by atoms with van der Waals surface area (Å²) in [4.78, 5) is 3.75. The lowest BCUT2D eigenvalue weighted by Crippen LogP contribution is -2.19. The molecule has 1 atom stereocenters. The normalized spacial score (nSPS) is 13.3. The van der Waals surface area contributed by atoms with Gasteiger partial charge in [0.15, 0.2) is 0 Å². The molecule has 0 aliphatic rings. The number of guanidine groups is 1. The number of nitrogens with one attached hydrogen (secondary N) is 1. The molecule has 0 aliphatic carbocycles. The highest BCUT2D eigenvalue weighted by molar-refractivity contribution is 5.96. The Morgan fingerprint density at radius 1 is 1.42 bits per heavy atom. The van der Waals surface area contributed by atoms with E-state index in [9.17, 15) is 0 Å². The van der Waals surface area contributed by atoms with Crippen molar-refractivity contribution in [3.8, 4) is 0 Å². The maximum Gasteiger partial charge on any atom is 0.246 e. The van der Waals surface area contributed by atoms with E-state index in [1.54, 1.807) is 19.2 Å². The molecule has 0 amide bonds. The predicted molar refractivity (Wildman–Crippen MR) is 83.1 cm³/mol. The van der Waals surface area contributed by atoms with Crippen molar-refractivity contribution in [1.82, 2.24) is 0 Å². The number of nitrogens with zero attached hydrogens (tertiary/aromatic N) is 3. The Balaban J connectivity index is 2.70. The van der Waals surface area contributed by atoms with Crippen LogP contribution in [-0.2, 0) is 6.42 Å². The second-order valence-corrected chi connectivity index (χ2v) is 3.88. The molecular formula is C14H19N5. The van der Waals surface area contributed by atoms with Crippen molar-refractivity contribution < 1.29 is 0 Å². The zero-order valence-electron chi connectivity index (χ0n) is 11.1. The Kier molecular flexibility index (Phi) is 6.18. The number of hydrogen-bond acceptors (Lipinski definition) is 3. The number of hydrogen-bond donors (Lipinski definition) is 2. The molecule has 0 aliphatic heterocycles. The first-order chi connectivity index (χ1) is 9.19. The Bertz CT molecular complexity index is 473. The van der Waals surface area contributed by atoms with E-state index in [-0.39, 0.29) is 6.04 Å². The van der Waals surface area contributed by atoms with E-state index in [0.29, 0.717) is 5.96 Å². The first kappa shape index (κ1) is 14.8. The second kappa shape index (κ2) is 7.94. The fourth-order valence-corrected chi connectivity index (χ4v) is 1.42. The number of benzene rings is 1. The summed E-state index contributed by atoms with van der Waals surface area (Å²) < 4.78 is 0. The summed E-state index contributed by atoms with van der Waals surface area (Å²) in [5.41, 5.74) is 7.82. The van der Waals surface area contributed by atoms with Crippen LogP contribution in [0.25, 0.3) is 0 Å². The summed E-state index contributed by atoms with van der Waals surface area (Å²) in [6, 6.07) is 7.83. The Morgan fingerprint density at radius 3 is 2.63 bits per heavy atom. The van der Waals surface area contributed by atoms with Gasteiger partial charge in [0.2, 0.25) is 5.96 Å². The minimum absolute atomic E-state index is 0.0235. The van der Waals surface area contributed by atoms with Crippen molar-refractivity contribution >= 4 is 24.6 Å². The van der Waals surface area contributed by atoms with Gasteiger partial charge in [-0.15, -0.1) is 11.7 Å². The third kappa shape index (κ3) is 5.27. The van der Waals surface area contributed by atoms with Crippen LogP contribution in [0.5, 0.6) is 0 Å². The SMILES string of the molecule is C=CC(N)Cc1ccc(N/C(N=C)=N/N=C\C)cc1. The van der Waals surface area contributed by atoms with Gasteiger partial charge in [-0.1, -0.05) is 18.2 Å². The number of aliphatic imine (C=N–C) groups is 1. The van der Waals surface area contributed by atoms with E-state index in [1.165, 1.54) is 0 Å². The third-order valence-electron chi connectivity index (χ3n) is 2.40. The van der Waals surface area contributed by atoms with Crippen LogP contribution < -0.4 is 11.1 Å². The van der Waals surface area contributed by atoms with Crippen molar-refractivity contribution in [2.24, 2.45) is 20.9 Å². The first-order valence-corrected chi connectivity index (χ1v) is 5.96. The van der Waals surface area contributed by atoms with Gasteiger partial charge in [0, 0.05) is 17.9 Å². The van der Waals surface area contributed by atoms with Crippen molar-refractivity contribution in [2.75, 3.05) is 5.32 Å². The van der Waals surface area contributed by atoms with Gasteiger partial charge in [-0.3, -0.25) is 0 Å². The molecule has 0 heterocycles. The molecule has 1 unspecified atom stereocenters. The average Bonchev–Trinajstić information content (AvgIpc) is 2.45. The van der Waals surface area contributed by atoms with Crippen LogP contribution in [0, 0.1) is 0 Å². The molecule has 0 saturated heterocycles. The molecule has 19 heavy (non-hydrogen) atoms. The van der Waals surface area contributed by atoms with E-state index >= 15 is 0 Å². The van der Waals surface area contributed by atoms with Gasteiger partial charge >= 0.3 is 0 Å². The van der Waals surface area contributed by atoms with E-state index in [1.807, 2.05) is 24.3 Å². The van der Waals surface area contributed by atoms with E-state index in [4.69, 9.17) is 5.73 Å². The summed E-state index contributed by atoms with van der Waals surface area (Å²) in [6.45, 7) is 8.88. The first-order valence-electron chi connectivity index (χ1n) is 5.96. The van der Waals surface area contributed by atoms with Crippen LogP contribution in [0.4, 0.5) is 5.69 Å². The third-order valence-corrected chi connectivity index (χ3v) is 2.40. The van der Waals surface area contributed by atoms with Crippen LogP contribution >= 0.6 is 0 Å². The zero-order chi connectivity index (χ0) is 14.1. The molecule has 3 N–H and O–H groups in total. The van der Waals surface area contributed by atoms with Crippen molar-refractivity contribution in [2.45, 2.75) is 19.4 Å². The molecule has 0 radical (unpaired) electrons. The van der Waals surface area contributed by atoms with Crippen molar-refractivity contribution in [3.63, 3.8) is 0 Å². The number of anilines is 1. The van der Waals surface area contributed by atoms with Crippen LogP contribution in [-0.4, -0.2) is 24.9 Å². The van der Waals surface area contributed by atoms with Crippen LogP contribution in [0.1, 0.15) is 12.5 Å². The zero-order valence-corrected chi connectivity index (χ0v) is 11.1. The molecule has 0 spiro atoms. The lowest BCUT2D eigenvalue weighted by Gasteiger charge is -2.08. The smallest absolute Gasteiger partial charge is 0.246 e. The van der Waals surface area contributed by atoms with Crippen molar-refractivity contribution in [3.05, 3.63) is 42.5 Å². The minimum atomic E-state index is -0.0235. The molecule has 1 aromatic carbocycles. The summed E-state index contributed by atoms with van der Waals surface area (Å²) in [7, 11) is 0. The maximum absolute atomic E-state index is 5.81. The van der Waals surface area contributed by atoms with Crippen LogP contribution in [0.15, 0.2) is 52.1 Å². The Labute approximate surface area is 113 Å². The fourth-order valence-electron chi connectivity index (χ4n) is 1.42. The highest BCUT2D eigenvalue weighted by Gasteiger charge is 2.01. The quantitative estimate of drug-likeness (QED) is 0.367. The van der Waals surface area contributed by atoms with E-state index in [2.05, 4.69) is 33.8 Å². The van der Waals surface area contributed by atoms with E-state index < -0.39 is 0 Å². The summed E-state index contributed by atoms with van der Waals surface area (Å²) >= 11 is 0. The monoisotopic (exact) mass is 257 g/mol. The molecule has 100 valence electrons. The molecule has 5 heteroatoms. The highest BCUT2D eigenvalue weighted by atomic mass is 15.3. The molecule has 1 aromatic rings. The molecule has 0 aromatic heterocycles. The molecule has 0 bridgehead atoms. The maximum atomic E-state index is 5.81. The number of rotatable bonds is 5. The lowest BCUT2D eigenvalue weighted by molar-refractivity contribution is 0.812. The molecule has 5 nitrogen and oxygen atoms in total. The van der Waals surface area contributed by atoms with Gasteiger partial charge in [0.05, 0.1) is 0 Å². The largest absolute Gasteiger partial charge is 0.324 e. The van der Waals surface area contributed by atoms with Gasteiger partial charge in [0.1, 0.15) is 0 Å². The lowest BCUT2D eigenvalue weighted by atomic mass is 10.1. The molecule has 1 rings (SSSR count). The minimum Gasteiger partial charge on any atom is -0.324 e. The van der Waals surface area contributed by atoms with Crippen LogP contribution in [0.3, 0.4) is 0 Å². The molecule has 0 saturated carbocycles. The molecule has 0 fully saturated rings. The second-order valence-electron chi connectivity index (χ2n) is 3.88. The predicted octanol–water partition coefficient (Wildman–Crippen LogP) is 2.22. The highest BCUT2D eigenvalue weighted by Crippen LogP contribution is 2.11. The average molecular weight is 257 g/mol. The van der Waals surface area contributed by atoms with Crippen LogP contribution in [0.2, 0.25) is 0 Å². The Morgan fingerprint density at radius 2 is 2.11 bits per heavy atom. The van der Waals surface area contributed by atoms with Gasteiger partial charge in [0.25, 0.3) is 0 Å². The Hall–Kier alpha value is -2.27. The van der Waals surface area contributed by atoms with Gasteiger partial charge < -0.3 is 11.1 Å². The van der Waals surface area contributed by atoms with Gasteiger partial charge in [-0.05, 0) is 37.8 Å². The van der Waals surface area contributed by atoms with Gasteiger partial charge in [-0.2, -0.15) is 5.10 Å². The standard InChI is InChI=1S/C14H19N5/c1-4-12(15)10-11-6-8-13(9-7-11)18-14(16-3)19-17-5-2/h4-9,12H,1,3,10,15H2,2H3,(H,18,19)/b17-5-. The molecular weight excluding hydrogens is 238 g/mol. The van der Waals surface area contributed by atoms with Gasteiger partial charge in [-0.25, -0.2) is 4.99 Å². The summed E-state index contributed by atoms with van der Waals surface area (Å²) in [5, 5.41) is 10.6. The van der Waals surface area contributed by atoms with Crippen molar-refractivity contribution in [1.29, 1.82) is 0 Å². The topological polar surface area (TPSA) is 75.1 Å². The fraction of sp³-hybridized carbons (Fsp3) is 0.214. The summed E-state index contributed by atoms with van der Waals surface area (Å²) in [6.07, 6.45) is 4.08. The summed E-state index contributed by atoms with van der Waals surface area (Å²) in [5.74, 6) is 0.355. The number of nitrogens with two attached hydrogens (primary N) is 1. The van der Waals surface area contributed by atoms with E-state index in [0.717, 1.165) is 17.7 Å².